The van der Waals surface area contributed by atoms with Crippen molar-refractivity contribution in [2.45, 2.75) is 33.2 Å². The summed E-state index contributed by atoms with van der Waals surface area (Å²) in [6.07, 6.45) is 0.728. The van der Waals surface area contributed by atoms with E-state index in [2.05, 4.69) is 18.7 Å². The first-order chi connectivity index (χ1) is 15.8. The first-order valence-corrected chi connectivity index (χ1v) is 11.6. The maximum Gasteiger partial charge on any atom is 0.295 e. The molecule has 0 aromatic heterocycles. The molecule has 2 aromatic rings. The van der Waals surface area contributed by atoms with Crippen molar-refractivity contribution >= 4 is 29.1 Å². The number of carbonyl (C=O) groups is 2. The average molecular weight is 471 g/mol. The molecular formula is C26H31ClN2O4. The van der Waals surface area contributed by atoms with Crippen LogP contribution in [0.1, 0.15) is 43.0 Å². The maximum atomic E-state index is 13.1. The van der Waals surface area contributed by atoms with Gasteiger partial charge < -0.3 is 19.6 Å². The van der Waals surface area contributed by atoms with E-state index in [0.29, 0.717) is 22.9 Å². The molecule has 0 spiro atoms. The third-order valence-corrected chi connectivity index (χ3v) is 6.42. The highest BCUT2D eigenvalue weighted by Crippen LogP contribution is 2.40. The van der Waals surface area contributed by atoms with E-state index in [-0.39, 0.29) is 11.3 Å². The largest absolute Gasteiger partial charge is 0.507 e. The third-order valence-electron chi connectivity index (χ3n) is 6.13. The van der Waals surface area contributed by atoms with Crippen molar-refractivity contribution in [1.29, 1.82) is 0 Å². The Morgan fingerprint density at radius 1 is 1.12 bits per heavy atom. The summed E-state index contributed by atoms with van der Waals surface area (Å²) in [4.78, 5) is 30.0. The van der Waals surface area contributed by atoms with Crippen LogP contribution in [-0.2, 0) is 9.59 Å². The summed E-state index contributed by atoms with van der Waals surface area (Å²) in [5.74, 6) is -1.07. The quantitative estimate of drug-likeness (QED) is 0.323. The first-order valence-electron chi connectivity index (χ1n) is 11.2. The fraction of sp³-hybridized carbons (Fsp3) is 0.385. The molecule has 6 nitrogen and oxygen atoms in total. The van der Waals surface area contributed by atoms with Crippen LogP contribution in [0.2, 0.25) is 5.02 Å². The second-order valence-electron chi connectivity index (χ2n) is 8.13. The number of amides is 1. The smallest absolute Gasteiger partial charge is 0.295 e. The zero-order chi connectivity index (χ0) is 24.1. The number of ether oxygens (including phenoxy) is 1. The molecule has 0 bridgehead atoms. The molecule has 7 heteroatoms. The third kappa shape index (κ3) is 5.23. The number of aliphatic hydroxyl groups is 1. The molecule has 0 radical (unpaired) electrons. The molecule has 1 N–H and O–H groups in total. The lowest BCUT2D eigenvalue weighted by Crippen LogP contribution is -2.33. The predicted octanol–water partition coefficient (Wildman–Crippen LogP) is 4.81. The van der Waals surface area contributed by atoms with Crippen molar-refractivity contribution in [1.82, 2.24) is 9.80 Å². The van der Waals surface area contributed by atoms with Gasteiger partial charge in [0, 0.05) is 12.1 Å². The van der Waals surface area contributed by atoms with Gasteiger partial charge in [-0.05, 0) is 56.7 Å². The van der Waals surface area contributed by atoms with Crippen molar-refractivity contribution in [2.75, 3.05) is 33.3 Å². The Hall–Kier alpha value is -2.83. The Kier molecular flexibility index (Phi) is 8.16. The number of rotatable bonds is 9. The highest BCUT2D eigenvalue weighted by molar-refractivity contribution is 6.46. The topological polar surface area (TPSA) is 70.1 Å². The molecule has 33 heavy (non-hydrogen) atoms. The summed E-state index contributed by atoms with van der Waals surface area (Å²) in [7, 11) is 1.50. The molecule has 1 heterocycles. The number of carbonyl (C=O) groups excluding carboxylic acids is 2. The van der Waals surface area contributed by atoms with Crippen LogP contribution in [0.4, 0.5) is 0 Å². The van der Waals surface area contributed by atoms with E-state index < -0.39 is 17.7 Å². The number of hydrogen-bond donors (Lipinski definition) is 1. The summed E-state index contributed by atoms with van der Waals surface area (Å²) in [6, 6.07) is 11.8. The van der Waals surface area contributed by atoms with Gasteiger partial charge in [-0.2, -0.15) is 0 Å². The maximum absolute atomic E-state index is 13.1. The number of hydrogen-bond acceptors (Lipinski definition) is 5. The number of nitrogens with zero attached hydrogens (tertiary/aromatic N) is 2. The molecule has 1 fully saturated rings. The van der Waals surface area contributed by atoms with Crippen molar-refractivity contribution in [3.8, 4) is 5.75 Å². The summed E-state index contributed by atoms with van der Waals surface area (Å²) >= 11 is 6.24. The molecule has 0 aliphatic carbocycles. The molecule has 1 atom stereocenters. The lowest BCUT2D eigenvalue weighted by Gasteiger charge is -2.27. The number of halogens is 1. The van der Waals surface area contributed by atoms with Gasteiger partial charge >= 0.3 is 0 Å². The van der Waals surface area contributed by atoms with Gasteiger partial charge in [-0.15, -0.1) is 0 Å². The normalized spacial score (nSPS) is 17.8. The molecule has 1 aliphatic heterocycles. The summed E-state index contributed by atoms with van der Waals surface area (Å²) < 4.78 is 5.18. The highest BCUT2D eigenvalue weighted by Gasteiger charge is 2.45. The van der Waals surface area contributed by atoms with E-state index in [4.69, 9.17) is 16.3 Å². The fourth-order valence-corrected chi connectivity index (χ4v) is 4.44. The zero-order valence-electron chi connectivity index (χ0n) is 19.6. The number of Topliss-reactive ketones (excluding diaryl/α,β-unsaturated/α-hetero) is 1. The molecule has 1 saturated heterocycles. The van der Waals surface area contributed by atoms with E-state index >= 15 is 0 Å². The van der Waals surface area contributed by atoms with Crippen LogP contribution in [0.3, 0.4) is 0 Å². The highest BCUT2D eigenvalue weighted by atomic mass is 35.5. The molecule has 1 amide bonds. The Morgan fingerprint density at radius 3 is 2.36 bits per heavy atom. The van der Waals surface area contributed by atoms with Crippen LogP contribution >= 0.6 is 11.6 Å². The van der Waals surface area contributed by atoms with Crippen molar-refractivity contribution in [2.24, 2.45) is 0 Å². The van der Waals surface area contributed by atoms with Gasteiger partial charge in [-0.1, -0.05) is 55.3 Å². The number of aliphatic hydroxyl groups excluding tert-OH is 1. The van der Waals surface area contributed by atoms with E-state index in [1.54, 1.807) is 17.0 Å². The summed E-state index contributed by atoms with van der Waals surface area (Å²) in [5, 5.41) is 11.5. The average Bonchev–Trinajstić information content (AvgIpc) is 3.06. The van der Waals surface area contributed by atoms with E-state index in [1.807, 2.05) is 31.2 Å². The van der Waals surface area contributed by atoms with Gasteiger partial charge in [0.05, 0.1) is 23.7 Å². The predicted molar refractivity (Wildman–Crippen MR) is 131 cm³/mol. The second kappa shape index (κ2) is 10.9. The Balaban J connectivity index is 2.04. The van der Waals surface area contributed by atoms with Gasteiger partial charge in [0.1, 0.15) is 11.5 Å². The summed E-state index contributed by atoms with van der Waals surface area (Å²) in [5.41, 5.74) is 2.29. The number of methoxy groups -OCH3 is 1. The summed E-state index contributed by atoms with van der Waals surface area (Å²) in [6.45, 7) is 9.27. The standard InChI is InChI=1S/C26H31ClN2O4/c1-5-28(6-2)14-7-15-29-23(18-10-8-17(3)9-11-18)22(25(31)26(29)32)24(30)19-12-13-21(33-4)20(27)16-19/h8-13,16,23,30H,5-7,14-15H2,1-4H3/b24-22+/t23-/m0/s1. The van der Waals surface area contributed by atoms with Crippen molar-refractivity contribution in [3.05, 3.63) is 69.8 Å². The van der Waals surface area contributed by atoms with Crippen LogP contribution < -0.4 is 4.74 Å². The van der Waals surface area contributed by atoms with E-state index in [0.717, 1.165) is 37.2 Å². The van der Waals surface area contributed by atoms with Gasteiger partial charge in [-0.3, -0.25) is 9.59 Å². The number of likely N-dealkylation sites (tertiary alicyclic amines) is 1. The Labute approximate surface area is 200 Å². The fourth-order valence-electron chi connectivity index (χ4n) is 4.18. The van der Waals surface area contributed by atoms with Crippen LogP contribution in [0.15, 0.2) is 48.0 Å². The lowest BCUT2D eigenvalue weighted by atomic mass is 9.94. The molecule has 176 valence electrons. The van der Waals surface area contributed by atoms with Crippen LogP contribution in [0, 0.1) is 6.92 Å². The molecule has 2 aromatic carbocycles. The minimum absolute atomic E-state index is 0.0768. The van der Waals surface area contributed by atoms with Crippen LogP contribution in [0.25, 0.3) is 5.76 Å². The first kappa shape index (κ1) is 24.8. The number of ketones is 1. The minimum atomic E-state index is -0.687. The van der Waals surface area contributed by atoms with Gasteiger partial charge in [-0.25, -0.2) is 0 Å². The van der Waals surface area contributed by atoms with Crippen molar-refractivity contribution in [3.63, 3.8) is 0 Å². The zero-order valence-corrected chi connectivity index (χ0v) is 20.4. The van der Waals surface area contributed by atoms with Crippen LogP contribution in [-0.4, -0.2) is 59.9 Å². The van der Waals surface area contributed by atoms with E-state index in [9.17, 15) is 14.7 Å². The molecular weight excluding hydrogens is 440 g/mol. The second-order valence-corrected chi connectivity index (χ2v) is 8.54. The van der Waals surface area contributed by atoms with Crippen LogP contribution in [0.5, 0.6) is 5.75 Å². The number of aryl methyl sites for hydroxylation is 1. The lowest BCUT2D eigenvalue weighted by molar-refractivity contribution is -0.140. The van der Waals surface area contributed by atoms with Gasteiger partial charge in [0.2, 0.25) is 0 Å². The Bertz CT molecular complexity index is 1040. The number of benzene rings is 2. The Morgan fingerprint density at radius 2 is 1.79 bits per heavy atom. The SMILES string of the molecule is CCN(CC)CCCN1C(=O)C(=O)/C(=C(/O)c2ccc(OC)c(Cl)c2)[C@@H]1c1ccc(C)cc1. The van der Waals surface area contributed by atoms with Gasteiger partial charge in [0.25, 0.3) is 11.7 Å². The van der Waals surface area contributed by atoms with Crippen molar-refractivity contribution < 1.29 is 19.4 Å². The van der Waals surface area contributed by atoms with Gasteiger partial charge in [0.15, 0.2) is 0 Å². The molecule has 1 aliphatic rings. The molecule has 3 rings (SSSR count). The van der Waals surface area contributed by atoms with E-state index in [1.165, 1.54) is 13.2 Å². The minimum Gasteiger partial charge on any atom is -0.507 e. The monoisotopic (exact) mass is 470 g/mol. The molecule has 0 unspecified atom stereocenters. The molecule has 0 saturated carbocycles.